The predicted octanol–water partition coefficient (Wildman–Crippen LogP) is -5.06. The minimum atomic E-state index is -6.62. The molecular formula is C39H47N15O25P4-2. The minimum absolute atomic E-state index is 0.0180. The van der Waals surface area contributed by atoms with Crippen molar-refractivity contribution in [2.24, 2.45) is 0 Å². The molecule has 0 amide bonds. The number of nitrogen functional groups attached to an aromatic ring is 3. The highest BCUT2D eigenvalue weighted by Crippen LogP contribution is 2.63. The Morgan fingerprint density at radius 2 is 1.30 bits per heavy atom. The number of phosphoric ester groups is 3. The van der Waals surface area contributed by atoms with Gasteiger partial charge in [-0.05, 0) is 12.1 Å². The summed E-state index contributed by atoms with van der Waals surface area (Å²) in [6.07, 6.45) is -16.6. The number of ether oxygens (including phenoxy) is 5. The van der Waals surface area contributed by atoms with Gasteiger partial charge in [0.25, 0.3) is 40.5 Å². The van der Waals surface area contributed by atoms with Crippen molar-refractivity contribution in [3.63, 3.8) is 0 Å². The van der Waals surface area contributed by atoms with E-state index < -0.39 is 136 Å². The Morgan fingerprint density at radius 1 is 0.699 bits per heavy atom. The number of para-hydroxylation sites is 1. The number of nitrogens with zero attached hydrogens (tertiary/aromatic N) is 10. The number of H-pyrrole nitrogens is 2. The van der Waals surface area contributed by atoms with Gasteiger partial charge in [0, 0.05) is 7.11 Å². The van der Waals surface area contributed by atoms with Gasteiger partial charge in [-0.25, -0.2) is 37.7 Å². The Balaban J connectivity index is 0.790. The first kappa shape index (κ1) is 60.0. The van der Waals surface area contributed by atoms with E-state index in [1.807, 2.05) is 0 Å². The molecule has 1 aromatic carbocycles. The van der Waals surface area contributed by atoms with Crippen molar-refractivity contribution in [3.8, 4) is 5.75 Å². The Morgan fingerprint density at radius 3 is 2.00 bits per heavy atom. The van der Waals surface area contributed by atoms with E-state index in [-0.39, 0.29) is 64.4 Å². The lowest BCUT2D eigenvalue weighted by atomic mass is 10.1. The average molecular weight is 1250 g/mol. The first-order chi connectivity index (χ1) is 39.2. The zero-order chi connectivity index (χ0) is 59.5. The number of nitrogens with two attached hydrogens (primary N) is 3. The summed E-state index contributed by atoms with van der Waals surface area (Å²) in [7, 11) is -23.6. The molecule has 6 aromatic heterocycles. The standard InChI is InChI=1S/C39H49N15O25P4/c1-69-28-27(77-80(61,62)71-9-17-23(55)25(57)35(74-17)53-14-46-21-31(53)47-38(41)49-33(21)59)19(76-37(28)52-13-45-20-29(40)43-12-44-30(20)52)11-73-82(65,66)79-83(67,68)78-81(63,64)72-10-18-24(56)26(58)36(75-18)54-15-51(7-8-70-16-5-3-2-4-6-16)22-32(54)48-39(42)50-34(22)60/h2-6,12-15,17-19,23-28,35-37,55-58H,7-11H2,1H3,(H11-,40,41,42,43,44,47,48,49,50,59,60,61,62,63,64,65,66,67,68)/p-2/t17-,18-,19-,23-,24-,25-,26-,27-,28-,35-,36-,37-/m1/s1. The summed E-state index contributed by atoms with van der Waals surface area (Å²) in [5.74, 6) is -0.285. The van der Waals surface area contributed by atoms with E-state index in [4.69, 9.17) is 54.5 Å². The Labute approximate surface area is 461 Å². The molecule has 0 aliphatic carbocycles. The molecule has 4 unspecified atom stereocenters. The van der Waals surface area contributed by atoms with Crippen LogP contribution in [-0.4, -0.2) is 167 Å². The molecule has 16 atom stereocenters. The lowest BCUT2D eigenvalue weighted by Gasteiger charge is -2.35. The fraction of sp³-hybridized carbons (Fsp3) is 0.462. The zero-order valence-corrected chi connectivity index (χ0v) is 45.6. The number of hydrogen-bond acceptors (Lipinski definition) is 33. The average Bonchev–Trinajstić information content (AvgIpc) is 2.57. The zero-order valence-electron chi connectivity index (χ0n) is 42.1. The monoisotopic (exact) mass is 1250 g/mol. The fourth-order valence-electron chi connectivity index (χ4n) is 9.12. The number of aromatic amines is 2. The molecular weight excluding hydrogens is 1200 g/mol. The summed E-state index contributed by atoms with van der Waals surface area (Å²) in [6.45, 7) is -3.64. The topological polar surface area (TPSA) is 580 Å². The molecule has 13 N–H and O–H groups in total. The van der Waals surface area contributed by atoms with Gasteiger partial charge in [0.15, 0.2) is 41.4 Å². The first-order valence-electron chi connectivity index (χ1n) is 23.9. The maximum atomic E-state index is 13.7. The molecule has 3 aliphatic rings. The maximum absolute atomic E-state index is 13.7. The van der Waals surface area contributed by atoms with Gasteiger partial charge < -0.3 is 89.9 Å². The normalized spacial score (nSPS) is 28.6. The fourth-order valence-corrected chi connectivity index (χ4v) is 13.5. The molecule has 44 heteroatoms. The lowest BCUT2D eigenvalue weighted by Crippen LogP contribution is -2.46. The van der Waals surface area contributed by atoms with Crippen LogP contribution in [0.15, 0.2) is 65.2 Å². The van der Waals surface area contributed by atoms with Crippen LogP contribution in [0.3, 0.4) is 0 Å². The number of anilines is 3. The van der Waals surface area contributed by atoms with Crippen molar-refractivity contribution in [1.29, 1.82) is 0 Å². The van der Waals surface area contributed by atoms with Crippen LogP contribution in [0.4, 0.5) is 17.7 Å². The molecule has 450 valence electrons. The number of aromatic nitrogens is 12. The van der Waals surface area contributed by atoms with Gasteiger partial charge in [-0.15, -0.1) is 0 Å². The third kappa shape index (κ3) is 12.7. The molecule has 3 saturated heterocycles. The van der Waals surface area contributed by atoms with Crippen LogP contribution < -0.4 is 52.3 Å². The van der Waals surface area contributed by atoms with Crippen LogP contribution in [0.2, 0.25) is 0 Å². The number of fused-ring (bicyclic) bond motifs is 3. The number of aliphatic hydroxyl groups is 4. The molecule has 9 heterocycles. The quantitative estimate of drug-likeness (QED) is 0.0212. The number of hydrogen-bond donors (Lipinski definition) is 10. The SMILES string of the molecule is CO[C@@H]1[C@H](OP(=O)(O)OC[C@H]2O[C@@H](n3cnc4c(=O)[nH]c(N)nc43)[C@H](O)[C@@H]2O)[C@@H](COP(=O)([O-])OP(=O)([O-])OP(=O)([O-])OC[C@H]2O[C@@H]([n+]3cn(CCOc4ccccc4)c4c(=O)[nH]c(N)nc43)[C@H](O)[C@@H]2O)O[C@H]1n1cnc2c(N)ncnc21. The van der Waals surface area contributed by atoms with Crippen molar-refractivity contribution >= 4 is 82.5 Å². The highest BCUT2D eigenvalue weighted by molar-refractivity contribution is 7.65. The minimum Gasteiger partial charge on any atom is -0.756 e. The van der Waals surface area contributed by atoms with E-state index in [1.54, 1.807) is 30.3 Å². The van der Waals surface area contributed by atoms with Crippen molar-refractivity contribution in [3.05, 3.63) is 76.3 Å². The molecule has 0 bridgehead atoms. The van der Waals surface area contributed by atoms with Gasteiger partial charge >= 0.3 is 13.5 Å². The molecule has 40 nitrogen and oxygen atoms in total. The number of imidazole rings is 3. The third-order valence-electron chi connectivity index (χ3n) is 12.8. The van der Waals surface area contributed by atoms with Crippen molar-refractivity contribution in [1.82, 2.24) is 53.6 Å². The Kier molecular flexibility index (Phi) is 16.9. The summed E-state index contributed by atoms with van der Waals surface area (Å²) >= 11 is 0. The molecule has 10 rings (SSSR count). The lowest BCUT2D eigenvalue weighted by molar-refractivity contribution is -0.746. The van der Waals surface area contributed by atoms with Gasteiger partial charge in [0.2, 0.25) is 17.7 Å². The Bertz CT molecular complexity index is 3850. The van der Waals surface area contributed by atoms with E-state index in [1.165, 1.54) is 10.9 Å². The van der Waals surface area contributed by atoms with E-state index >= 15 is 0 Å². The van der Waals surface area contributed by atoms with Crippen molar-refractivity contribution in [2.45, 2.75) is 80.2 Å². The summed E-state index contributed by atoms with van der Waals surface area (Å²) in [4.78, 5) is 104. The van der Waals surface area contributed by atoms with Gasteiger partial charge in [-0.2, -0.15) is 4.98 Å². The molecule has 3 aliphatic heterocycles. The van der Waals surface area contributed by atoms with E-state index in [0.29, 0.717) is 5.75 Å². The van der Waals surface area contributed by atoms with Crippen molar-refractivity contribution < 1.29 is 113 Å². The highest BCUT2D eigenvalue weighted by Gasteiger charge is 2.53. The molecule has 3 fully saturated rings. The maximum Gasteiger partial charge on any atom is 0.472 e. The van der Waals surface area contributed by atoms with E-state index in [2.05, 4.69) is 53.0 Å². The molecule has 0 saturated carbocycles. The van der Waals surface area contributed by atoms with Gasteiger partial charge in [0.1, 0.15) is 85.7 Å². The first-order valence-corrected chi connectivity index (χ1v) is 29.8. The number of benzene rings is 1. The van der Waals surface area contributed by atoms with Gasteiger partial charge in [0.05, 0.1) is 32.5 Å². The predicted molar refractivity (Wildman–Crippen MR) is 263 cm³/mol. The summed E-state index contributed by atoms with van der Waals surface area (Å²) in [6, 6.07) is 8.63. The van der Waals surface area contributed by atoms with Gasteiger partial charge in [-0.3, -0.25) is 56.0 Å². The van der Waals surface area contributed by atoms with E-state index in [9.17, 15) is 67.8 Å². The number of phosphoric acid groups is 4. The van der Waals surface area contributed by atoms with Crippen LogP contribution >= 0.6 is 31.3 Å². The highest BCUT2D eigenvalue weighted by atomic mass is 31.3. The second-order valence-electron chi connectivity index (χ2n) is 18.1. The van der Waals surface area contributed by atoms with Crippen LogP contribution in [0.5, 0.6) is 5.75 Å². The molecule has 0 radical (unpaired) electrons. The van der Waals surface area contributed by atoms with E-state index in [0.717, 1.165) is 39.8 Å². The molecule has 7 aromatic rings. The third-order valence-corrected chi connectivity index (χ3v) is 17.9. The van der Waals surface area contributed by atoms with Crippen molar-refractivity contribution in [2.75, 3.05) is 50.7 Å². The summed E-state index contributed by atoms with van der Waals surface area (Å²) < 4.78 is 114. The van der Waals surface area contributed by atoms with Crippen LogP contribution in [0.25, 0.3) is 33.5 Å². The van der Waals surface area contributed by atoms with Crippen LogP contribution in [0, 0.1) is 0 Å². The van der Waals surface area contributed by atoms with Gasteiger partial charge in [-0.1, -0.05) is 23.2 Å². The number of nitrogens with one attached hydrogen (secondary N) is 2. The number of aliphatic hydroxyl groups excluding tert-OH is 4. The Hall–Kier alpha value is -6.13. The molecule has 83 heavy (non-hydrogen) atoms. The smallest absolute Gasteiger partial charge is 0.472 e. The largest absolute Gasteiger partial charge is 0.756 e. The second kappa shape index (κ2) is 23.4. The van der Waals surface area contributed by atoms with Crippen LogP contribution in [-0.2, 0) is 70.5 Å². The summed E-state index contributed by atoms with van der Waals surface area (Å²) in [5, 5.41) is 43.7. The summed E-state index contributed by atoms with van der Waals surface area (Å²) in [5.41, 5.74) is 15.3. The van der Waals surface area contributed by atoms with Crippen LogP contribution in [0.1, 0.15) is 18.7 Å². The second-order valence-corrected chi connectivity index (χ2v) is 24.1. The molecule has 0 spiro atoms. The number of rotatable bonds is 23. The number of methoxy groups -OCH3 is 1.